The molecule has 1 heterocycles. The van der Waals surface area contributed by atoms with Crippen molar-refractivity contribution >= 4 is 5.97 Å². The summed E-state index contributed by atoms with van der Waals surface area (Å²) in [5.74, 6) is -0.783. The summed E-state index contributed by atoms with van der Waals surface area (Å²) >= 11 is 0. The van der Waals surface area contributed by atoms with Gasteiger partial charge in [0.15, 0.2) is 5.79 Å². The minimum atomic E-state index is -0.511. The molecule has 0 radical (unpaired) electrons. The van der Waals surface area contributed by atoms with E-state index in [-0.39, 0.29) is 12.1 Å². The van der Waals surface area contributed by atoms with E-state index in [0.29, 0.717) is 13.2 Å². The molecule has 4 heteroatoms. The Labute approximate surface area is 90.2 Å². The van der Waals surface area contributed by atoms with Crippen molar-refractivity contribution in [2.75, 3.05) is 13.2 Å². The molecule has 1 aliphatic heterocycles. The van der Waals surface area contributed by atoms with E-state index in [9.17, 15) is 4.79 Å². The van der Waals surface area contributed by atoms with Crippen molar-refractivity contribution in [3.8, 4) is 0 Å². The van der Waals surface area contributed by atoms with Gasteiger partial charge in [-0.1, -0.05) is 6.08 Å². The van der Waals surface area contributed by atoms with Gasteiger partial charge in [-0.2, -0.15) is 0 Å². The molecule has 0 aliphatic carbocycles. The molecule has 0 aromatic heterocycles. The van der Waals surface area contributed by atoms with Crippen LogP contribution in [0, 0.1) is 0 Å². The Morgan fingerprint density at radius 1 is 1.53 bits per heavy atom. The lowest BCUT2D eigenvalue weighted by molar-refractivity contribution is -0.140. The standard InChI is InChI=1S/C11H18O4/c1-8(6-13-9(2)12)5-10-7-14-11(3,4)15-10/h5,10H,6-7H2,1-4H3/t10-/m1/s1. The summed E-state index contributed by atoms with van der Waals surface area (Å²) in [5.41, 5.74) is 0.969. The van der Waals surface area contributed by atoms with Crippen LogP contribution in [0.2, 0.25) is 0 Å². The SMILES string of the molecule is CC(=O)OCC(C)=C[C@@H]1COC(C)(C)O1. The van der Waals surface area contributed by atoms with Crippen LogP contribution < -0.4 is 0 Å². The zero-order valence-electron chi connectivity index (χ0n) is 9.70. The molecule has 15 heavy (non-hydrogen) atoms. The lowest BCUT2D eigenvalue weighted by atomic mass is 10.2. The minimum absolute atomic E-state index is 0.0458. The molecule has 1 aliphatic rings. The van der Waals surface area contributed by atoms with Crippen LogP contribution in [0.4, 0.5) is 0 Å². The van der Waals surface area contributed by atoms with Gasteiger partial charge in [0.25, 0.3) is 0 Å². The number of ether oxygens (including phenoxy) is 3. The van der Waals surface area contributed by atoms with Gasteiger partial charge in [-0.15, -0.1) is 0 Å². The fourth-order valence-corrected chi connectivity index (χ4v) is 1.38. The van der Waals surface area contributed by atoms with Crippen molar-refractivity contribution in [2.24, 2.45) is 0 Å². The fourth-order valence-electron chi connectivity index (χ4n) is 1.38. The van der Waals surface area contributed by atoms with E-state index in [4.69, 9.17) is 14.2 Å². The molecule has 1 atom stereocenters. The Bertz CT molecular complexity index is 268. The summed E-state index contributed by atoms with van der Waals surface area (Å²) in [5, 5.41) is 0. The normalized spacial score (nSPS) is 25.3. The monoisotopic (exact) mass is 214 g/mol. The van der Waals surface area contributed by atoms with Gasteiger partial charge in [0, 0.05) is 6.92 Å². The van der Waals surface area contributed by atoms with Crippen molar-refractivity contribution in [2.45, 2.75) is 39.6 Å². The Morgan fingerprint density at radius 3 is 2.67 bits per heavy atom. The number of hydrogen-bond donors (Lipinski definition) is 0. The summed E-state index contributed by atoms with van der Waals surface area (Å²) in [7, 11) is 0. The smallest absolute Gasteiger partial charge is 0.302 e. The lowest BCUT2D eigenvalue weighted by Crippen LogP contribution is -2.21. The van der Waals surface area contributed by atoms with Crippen LogP contribution in [0.5, 0.6) is 0 Å². The maximum absolute atomic E-state index is 10.6. The molecule has 0 aromatic rings. The van der Waals surface area contributed by atoms with Gasteiger partial charge in [0.05, 0.1) is 6.61 Å². The summed E-state index contributed by atoms with van der Waals surface area (Å²) in [6.45, 7) is 7.91. The zero-order valence-corrected chi connectivity index (χ0v) is 9.70. The molecule has 0 unspecified atom stereocenters. The molecule has 0 bridgehead atoms. The van der Waals surface area contributed by atoms with Gasteiger partial charge in [-0.25, -0.2) is 0 Å². The highest BCUT2D eigenvalue weighted by Gasteiger charge is 2.31. The predicted octanol–water partition coefficient (Wildman–Crippen LogP) is 1.65. The summed E-state index contributed by atoms with van der Waals surface area (Å²) < 4.78 is 15.9. The Morgan fingerprint density at radius 2 is 2.20 bits per heavy atom. The third-order valence-electron chi connectivity index (χ3n) is 2.00. The maximum atomic E-state index is 10.6. The van der Waals surface area contributed by atoms with E-state index in [1.54, 1.807) is 0 Å². The molecule has 0 amide bonds. The molecule has 4 nitrogen and oxygen atoms in total. The number of carbonyl (C=O) groups excluding carboxylic acids is 1. The predicted molar refractivity (Wildman–Crippen MR) is 55.3 cm³/mol. The van der Waals surface area contributed by atoms with E-state index >= 15 is 0 Å². The first kappa shape index (κ1) is 12.2. The molecular weight excluding hydrogens is 196 g/mol. The third kappa shape index (κ3) is 4.44. The second-order valence-corrected chi connectivity index (χ2v) is 4.16. The van der Waals surface area contributed by atoms with Crippen LogP contribution in [0.1, 0.15) is 27.7 Å². The molecule has 1 saturated heterocycles. The van der Waals surface area contributed by atoms with Crippen molar-refractivity contribution < 1.29 is 19.0 Å². The van der Waals surface area contributed by atoms with Crippen molar-refractivity contribution in [1.29, 1.82) is 0 Å². The number of esters is 1. The maximum Gasteiger partial charge on any atom is 0.302 e. The van der Waals surface area contributed by atoms with Gasteiger partial charge >= 0.3 is 5.97 Å². The van der Waals surface area contributed by atoms with Gasteiger partial charge in [0.2, 0.25) is 0 Å². The Kier molecular flexibility index (Phi) is 3.88. The van der Waals surface area contributed by atoms with Crippen LogP contribution >= 0.6 is 0 Å². The average Bonchev–Trinajstić information content (AvgIpc) is 2.42. The molecular formula is C11H18O4. The quantitative estimate of drug-likeness (QED) is 0.529. The van der Waals surface area contributed by atoms with E-state index in [1.807, 2.05) is 26.8 Å². The second kappa shape index (κ2) is 4.77. The Balaban J connectivity index is 2.39. The van der Waals surface area contributed by atoms with Crippen LogP contribution in [0.3, 0.4) is 0 Å². The average molecular weight is 214 g/mol. The molecule has 0 aromatic carbocycles. The summed E-state index contributed by atoms with van der Waals surface area (Å²) in [4.78, 5) is 10.6. The van der Waals surface area contributed by atoms with Gasteiger partial charge in [-0.05, 0) is 26.3 Å². The van der Waals surface area contributed by atoms with E-state index in [0.717, 1.165) is 5.57 Å². The minimum Gasteiger partial charge on any atom is -0.461 e. The van der Waals surface area contributed by atoms with Crippen molar-refractivity contribution in [3.63, 3.8) is 0 Å². The van der Waals surface area contributed by atoms with Gasteiger partial charge in [0.1, 0.15) is 12.7 Å². The second-order valence-electron chi connectivity index (χ2n) is 4.16. The molecule has 0 spiro atoms. The third-order valence-corrected chi connectivity index (χ3v) is 2.00. The van der Waals surface area contributed by atoms with Crippen LogP contribution in [0.15, 0.2) is 11.6 Å². The molecule has 0 N–H and O–H groups in total. The Hall–Kier alpha value is -0.870. The zero-order chi connectivity index (χ0) is 11.5. The van der Waals surface area contributed by atoms with E-state index < -0.39 is 5.79 Å². The molecule has 86 valence electrons. The van der Waals surface area contributed by atoms with E-state index in [2.05, 4.69) is 0 Å². The summed E-state index contributed by atoms with van der Waals surface area (Å²) in [6, 6.07) is 0. The largest absolute Gasteiger partial charge is 0.461 e. The first-order valence-corrected chi connectivity index (χ1v) is 5.01. The van der Waals surface area contributed by atoms with Crippen LogP contribution in [0.25, 0.3) is 0 Å². The first-order valence-electron chi connectivity index (χ1n) is 5.01. The topological polar surface area (TPSA) is 44.8 Å². The first-order chi connectivity index (χ1) is 6.89. The molecule has 1 rings (SSSR count). The lowest BCUT2D eigenvalue weighted by Gasteiger charge is -2.16. The highest BCUT2D eigenvalue weighted by Crippen LogP contribution is 2.23. The van der Waals surface area contributed by atoms with Gasteiger partial charge < -0.3 is 14.2 Å². The highest BCUT2D eigenvalue weighted by atomic mass is 16.7. The molecule has 1 fully saturated rings. The van der Waals surface area contributed by atoms with Crippen LogP contribution in [-0.4, -0.2) is 31.1 Å². The van der Waals surface area contributed by atoms with Crippen LogP contribution in [-0.2, 0) is 19.0 Å². The number of hydrogen-bond acceptors (Lipinski definition) is 4. The van der Waals surface area contributed by atoms with Crippen molar-refractivity contribution in [1.82, 2.24) is 0 Å². The van der Waals surface area contributed by atoms with Crippen molar-refractivity contribution in [3.05, 3.63) is 11.6 Å². The molecule has 0 saturated carbocycles. The number of carbonyl (C=O) groups is 1. The van der Waals surface area contributed by atoms with E-state index in [1.165, 1.54) is 6.92 Å². The summed E-state index contributed by atoms with van der Waals surface area (Å²) in [6.07, 6.45) is 1.88. The highest BCUT2D eigenvalue weighted by molar-refractivity contribution is 5.66. The number of rotatable bonds is 3. The van der Waals surface area contributed by atoms with Gasteiger partial charge in [-0.3, -0.25) is 4.79 Å². The fraction of sp³-hybridized carbons (Fsp3) is 0.727.